The summed E-state index contributed by atoms with van der Waals surface area (Å²) < 4.78 is 0. The van der Waals surface area contributed by atoms with E-state index in [2.05, 4.69) is 26.0 Å². The summed E-state index contributed by atoms with van der Waals surface area (Å²) in [7, 11) is 0. The molecule has 0 saturated carbocycles. The lowest BCUT2D eigenvalue weighted by Crippen LogP contribution is -2.01. The van der Waals surface area contributed by atoms with E-state index in [1.54, 1.807) is 0 Å². The van der Waals surface area contributed by atoms with Crippen LogP contribution in [-0.4, -0.2) is 6.29 Å². The zero-order valence-electron chi connectivity index (χ0n) is 8.63. The average molecular weight is 186 g/mol. The van der Waals surface area contributed by atoms with Gasteiger partial charge in [0.2, 0.25) is 0 Å². The SMILES string of the molecule is Cc1cc2c(cc1C)CCC(C=O)=C2. The van der Waals surface area contributed by atoms with Crippen LogP contribution < -0.4 is 0 Å². The fraction of sp³-hybridized carbons (Fsp3) is 0.308. The monoisotopic (exact) mass is 186 g/mol. The number of benzene rings is 1. The third kappa shape index (κ3) is 1.50. The lowest BCUT2D eigenvalue weighted by atomic mass is 9.90. The van der Waals surface area contributed by atoms with E-state index in [0.29, 0.717) is 0 Å². The maximum absolute atomic E-state index is 10.7. The molecule has 2 rings (SSSR count). The van der Waals surface area contributed by atoms with E-state index in [4.69, 9.17) is 0 Å². The summed E-state index contributed by atoms with van der Waals surface area (Å²) in [6, 6.07) is 4.41. The number of allylic oxidation sites excluding steroid dienone is 1. The Bertz CT molecular complexity index is 413. The minimum absolute atomic E-state index is 0.888. The van der Waals surface area contributed by atoms with E-state index in [1.807, 2.05) is 6.08 Å². The van der Waals surface area contributed by atoms with Crippen LogP contribution in [-0.2, 0) is 11.2 Å². The van der Waals surface area contributed by atoms with Crippen molar-refractivity contribution in [2.45, 2.75) is 26.7 Å². The van der Waals surface area contributed by atoms with Crippen LogP contribution in [0.4, 0.5) is 0 Å². The first-order valence-corrected chi connectivity index (χ1v) is 4.96. The number of fused-ring (bicyclic) bond motifs is 1. The van der Waals surface area contributed by atoms with Crippen LogP contribution >= 0.6 is 0 Å². The molecule has 0 amide bonds. The van der Waals surface area contributed by atoms with Crippen molar-refractivity contribution >= 4 is 12.4 Å². The van der Waals surface area contributed by atoms with Crippen LogP contribution in [0, 0.1) is 13.8 Å². The lowest BCUT2D eigenvalue weighted by molar-refractivity contribution is -0.105. The van der Waals surface area contributed by atoms with E-state index < -0.39 is 0 Å². The Morgan fingerprint density at radius 1 is 1.14 bits per heavy atom. The Morgan fingerprint density at radius 2 is 1.86 bits per heavy atom. The largest absolute Gasteiger partial charge is 0.298 e. The first kappa shape index (κ1) is 9.20. The van der Waals surface area contributed by atoms with Gasteiger partial charge in [-0.25, -0.2) is 0 Å². The molecule has 0 heterocycles. The molecule has 0 unspecified atom stereocenters. The van der Waals surface area contributed by atoms with Crippen molar-refractivity contribution in [3.63, 3.8) is 0 Å². The van der Waals surface area contributed by atoms with E-state index in [1.165, 1.54) is 22.3 Å². The molecule has 1 aliphatic rings. The molecular formula is C13H14O. The maximum atomic E-state index is 10.7. The standard InChI is InChI=1S/C13H14O/c1-9-5-12-4-3-11(8-14)7-13(12)6-10(9)2/h5-8H,3-4H2,1-2H3. The molecule has 14 heavy (non-hydrogen) atoms. The van der Waals surface area contributed by atoms with Gasteiger partial charge in [-0.3, -0.25) is 4.79 Å². The minimum atomic E-state index is 0.888. The molecule has 1 heteroatoms. The van der Waals surface area contributed by atoms with Crippen molar-refractivity contribution in [2.24, 2.45) is 0 Å². The highest BCUT2D eigenvalue weighted by molar-refractivity contribution is 5.83. The molecule has 72 valence electrons. The number of hydrogen-bond donors (Lipinski definition) is 0. The molecule has 0 radical (unpaired) electrons. The van der Waals surface area contributed by atoms with Crippen LogP contribution in [0.15, 0.2) is 17.7 Å². The maximum Gasteiger partial charge on any atom is 0.146 e. The molecule has 0 saturated heterocycles. The fourth-order valence-corrected chi connectivity index (χ4v) is 1.89. The second kappa shape index (κ2) is 3.41. The van der Waals surface area contributed by atoms with Gasteiger partial charge in [0.05, 0.1) is 0 Å². The van der Waals surface area contributed by atoms with Crippen molar-refractivity contribution in [3.05, 3.63) is 40.0 Å². The van der Waals surface area contributed by atoms with Gasteiger partial charge in [0.1, 0.15) is 6.29 Å². The van der Waals surface area contributed by atoms with Crippen LogP contribution in [0.1, 0.15) is 28.7 Å². The molecule has 1 nitrogen and oxygen atoms in total. The van der Waals surface area contributed by atoms with Crippen molar-refractivity contribution in [2.75, 3.05) is 0 Å². The van der Waals surface area contributed by atoms with E-state index in [0.717, 1.165) is 24.7 Å². The van der Waals surface area contributed by atoms with Crippen LogP contribution in [0.25, 0.3) is 6.08 Å². The third-order valence-corrected chi connectivity index (χ3v) is 2.93. The smallest absolute Gasteiger partial charge is 0.146 e. The second-order valence-corrected chi connectivity index (χ2v) is 3.97. The predicted octanol–water partition coefficient (Wildman–Crippen LogP) is 2.83. The Morgan fingerprint density at radius 3 is 2.57 bits per heavy atom. The van der Waals surface area contributed by atoms with Crippen LogP contribution in [0.2, 0.25) is 0 Å². The Kier molecular flexibility index (Phi) is 2.24. The third-order valence-electron chi connectivity index (χ3n) is 2.93. The second-order valence-electron chi connectivity index (χ2n) is 3.97. The number of rotatable bonds is 1. The van der Waals surface area contributed by atoms with Gasteiger partial charge in [-0.1, -0.05) is 12.1 Å². The zero-order valence-corrected chi connectivity index (χ0v) is 8.63. The molecule has 0 bridgehead atoms. The van der Waals surface area contributed by atoms with Gasteiger partial charge >= 0.3 is 0 Å². The van der Waals surface area contributed by atoms with Gasteiger partial charge in [0.25, 0.3) is 0 Å². The molecule has 1 aromatic rings. The van der Waals surface area contributed by atoms with Gasteiger partial charge < -0.3 is 0 Å². The predicted molar refractivity (Wildman–Crippen MR) is 58.3 cm³/mol. The first-order valence-electron chi connectivity index (χ1n) is 4.96. The molecule has 1 aromatic carbocycles. The Hall–Kier alpha value is -1.37. The highest BCUT2D eigenvalue weighted by Crippen LogP contribution is 2.25. The van der Waals surface area contributed by atoms with Crippen LogP contribution in [0.3, 0.4) is 0 Å². The average Bonchev–Trinajstić information content (AvgIpc) is 2.19. The Labute approximate surface area is 84.5 Å². The summed E-state index contributed by atoms with van der Waals surface area (Å²) in [4.78, 5) is 10.7. The molecular weight excluding hydrogens is 172 g/mol. The summed E-state index contributed by atoms with van der Waals surface area (Å²) in [6.45, 7) is 4.24. The van der Waals surface area contributed by atoms with E-state index in [-0.39, 0.29) is 0 Å². The minimum Gasteiger partial charge on any atom is -0.298 e. The number of carbonyl (C=O) groups excluding carboxylic acids is 1. The summed E-state index contributed by atoms with van der Waals surface area (Å²) in [5.74, 6) is 0. The highest BCUT2D eigenvalue weighted by Gasteiger charge is 2.10. The van der Waals surface area contributed by atoms with E-state index in [9.17, 15) is 4.79 Å². The van der Waals surface area contributed by atoms with Gasteiger partial charge in [-0.05, 0) is 60.6 Å². The van der Waals surface area contributed by atoms with Gasteiger partial charge in [0.15, 0.2) is 0 Å². The van der Waals surface area contributed by atoms with Crippen molar-refractivity contribution < 1.29 is 4.79 Å². The number of carbonyl (C=O) groups is 1. The molecule has 0 aliphatic heterocycles. The number of aldehydes is 1. The molecule has 1 aliphatic carbocycles. The van der Waals surface area contributed by atoms with Gasteiger partial charge in [-0.2, -0.15) is 0 Å². The fourth-order valence-electron chi connectivity index (χ4n) is 1.89. The first-order chi connectivity index (χ1) is 6.70. The van der Waals surface area contributed by atoms with Crippen molar-refractivity contribution in [3.8, 4) is 0 Å². The highest BCUT2D eigenvalue weighted by atomic mass is 16.1. The van der Waals surface area contributed by atoms with Crippen molar-refractivity contribution in [1.82, 2.24) is 0 Å². The molecule has 0 N–H and O–H groups in total. The summed E-state index contributed by atoms with van der Waals surface area (Å²) >= 11 is 0. The molecule has 0 aromatic heterocycles. The van der Waals surface area contributed by atoms with Crippen LogP contribution in [0.5, 0.6) is 0 Å². The topological polar surface area (TPSA) is 17.1 Å². The van der Waals surface area contributed by atoms with E-state index >= 15 is 0 Å². The number of hydrogen-bond acceptors (Lipinski definition) is 1. The molecule has 0 fully saturated rings. The van der Waals surface area contributed by atoms with Gasteiger partial charge in [0, 0.05) is 0 Å². The summed E-state index contributed by atoms with van der Waals surface area (Å²) in [5.41, 5.74) is 6.15. The summed E-state index contributed by atoms with van der Waals surface area (Å²) in [6.07, 6.45) is 4.87. The normalized spacial score (nSPS) is 14.6. The number of aryl methyl sites for hydroxylation is 3. The molecule has 0 spiro atoms. The van der Waals surface area contributed by atoms with Crippen molar-refractivity contribution in [1.29, 1.82) is 0 Å². The Balaban J connectivity index is 2.53. The zero-order chi connectivity index (χ0) is 10.1. The van der Waals surface area contributed by atoms with Gasteiger partial charge in [-0.15, -0.1) is 0 Å². The lowest BCUT2D eigenvalue weighted by Gasteiger charge is -2.15. The molecule has 0 atom stereocenters. The quantitative estimate of drug-likeness (QED) is 0.616. The summed E-state index contributed by atoms with van der Waals surface area (Å²) in [5, 5.41) is 0.